The lowest BCUT2D eigenvalue weighted by molar-refractivity contribution is 0.122. The first-order chi connectivity index (χ1) is 14.7. The molecule has 0 aromatic heterocycles. The molecule has 5 nitrogen and oxygen atoms in total. The van der Waals surface area contributed by atoms with E-state index >= 15 is 0 Å². The zero-order chi connectivity index (χ0) is 20.9. The van der Waals surface area contributed by atoms with Crippen molar-refractivity contribution in [1.29, 1.82) is 0 Å². The van der Waals surface area contributed by atoms with Gasteiger partial charge >= 0.3 is 0 Å². The normalized spacial score (nSPS) is 20.5. The molecule has 162 valence electrons. The molecular weight excluding hydrogens is 374 g/mol. The molecule has 2 aliphatic heterocycles. The van der Waals surface area contributed by atoms with Gasteiger partial charge in [-0.1, -0.05) is 44.2 Å². The Morgan fingerprint density at radius 1 is 1.10 bits per heavy atom. The van der Waals surface area contributed by atoms with Crippen LogP contribution in [-0.4, -0.2) is 57.9 Å². The molecule has 1 atom stereocenters. The van der Waals surface area contributed by atoms with Gasteiger partial charge in [0, 0.05) is 45.3 Å². The molecule has 2 fully saturated rings. The Labute approximate surface area is 181 Å². The zero-order valence-electron chi connectivity index (χ0n) is 18.6. The number of rotatable bonds is 6. The Morgan fingerprint density at radius 2 is 1.90 bits per heavy atom. The molecule has 30 heavy (non-hydrogen) atoms. The van der Waals surface area contributed by atoms with E-state index in [1.54, 1.807) is 7.11 Å². The smallest absolute Gasteiger partial charge is 0.142 e. The van der Waals surface area contributed by atoms with Gasteiger partial charge in [-0.2, -0.15) is 0 Å². The summed E-state index contributed by atoms with van der Waals surface area (Å²) in [4.78, 5) is 4.91. The third-order valence-corrected chi connectivity index (χ3v) is 6.26. The van der Waals surface area contributed by atoms with Crippen molar-refractivity contribution in [3.63, 3.8) is 0 Å². The summed E-state index contributed by atoms with van der Waals surface area (Å²) in [7, 11) is 1.77. The molecule has 4 rings (SSSR count). The number of nitrogens with one attached hydrogen (secondary N) is 1. The number of benzene rings is 2. The fraction of sp³-hybridized carbons (Fsp3) is 0.520. The topological polar surface area (TPSA) is 37.0 Å². The monoisotopic (exact) mass is 409 g/mol. The van der Waals surface area contributed by atoms with E-state index < -0.39 is 0 Å². The van der Waals surface area contributed by atoms with Crippen molar-refractivity contribution in [2.75, 3.05) is 57.9 Å². The maximum absolute atomic E-state index is 5.75. The predicted molar refractivity (Wildman–Crippen MR) is 123 cm³/mol. The SMILES string of the molecule is COc1cc(CN2CCN[C@H](c3ccccc3C(C)C)C2)ccc1N1CCOCC1. The molecule has 0 bridgehead atoms. The Kier molecular flexibility index (Phi) is 6.93. The maximum atomic E-state index is 5.75. The van der Waals surface area contributed by atoms with Crippen molar-refractivity contribution in [3.8, 4) is 5.75 Å². The highest BCUT2D eigenvalue weighted by atomic mass is 16.5. The second kappa shape index (κ2) is 9.82. The van der Waals surface area contributed by atoms with Gasteiger partial charge in [-0.25, -0.2) is 0 Å². The fourth-order valence-corrected chi connectivity index (χ4v) is 4.66. The minimum atomic E-state index is 0.381. The molecular formula is C25H35N3O2. The summed E-state index contributed by atoms with van der Waals surface area (Å²) in [6.07, 6.45) is 0. The Bertz CT molecular complexity index is 833. The average Bonchev–Trinajstić information content (AvgIpc) is 2.79. The third kappa shape index (κ3) is 4.80. The zero-order valence-corrected chi connectivity index (χ0v) is 18.6. The number of ether oxygens (including phenoxy) is 2. The number of methoxy groups -OCH3 is 1. The first-order valence-electron chi connectivity index (χ1n) is 11.2. The van der Waals surface area contributed by atoms with Crippen molar-refractivity contribution in [2.24, 2.45) is 0 Å². The molecule has 0 radical (unpaired) electrons. The molecule has 0 spiro atoms. The van der Waals surface area contributed by atoms with E-state index in [1.165, 1.54) is 22.4 Å². The van der Waals surface area contributed by atoms with Crippen LogP contribution in [0.1, 0.15) is 42.5 Å². The van der Waals surface area contributed by atoms with Crippen LogP contribution in [0.2, 0.25) is 0 Å². The highest BCUT2D eigenvalue weighted by Crippen LogP contribution is 2.31. The molecule has 0 saturated carbocycles. The minimum Gasteiger partial charge on any atom is -0.495 e. The van der Waals surface area contributed by atoms with Gasteiger partial charge in [0.05, 0.1) is 26.0 Å². The molecule has 0 unspecified atom stereocenters. The Hall–Kier alpha value is -2.08. The van der Waals surface area contributed by atoms with Gasteiger partial charge in [-0.3, -0.25) is 4.90 Å². The summed E-state index contributed by atoms with van der Waals surface area (Å²) < 4.78 is 11.2. The van der Waals surface area contributed by atoms with Crippen LogP contribution in [0.4, 0.5) is 5.69 Å². The van der Waals surface area contributed by atoms with Crippen LogP contribution in [0.3, 0.4) is 0 Å². The van der Waals surface area contributed by atoms with Gasteiger partial charge in [0.1, 0.15) is 5.75 Å². The van der Waals surface area contributed by atoms with Gasteiger partial charge in [0.25, 0.3) is 0 Å². The molecule has 5 heteroatoms. The minimum absolute atomic E-state index is 0.381. The first-order valence-corrected chi connectivity index (χ1v) is 11.2. The average molecular weight is 410 g/mol. The van der Waals surface area contributed by atoms with E-state index in [4.69, 9.17) is 9.47 Å². The predicted octanol–water partition coefficient (Wildman–Crippen LogP) is 3.80. The van der Waals surface area contributed by atoms with Crippen LogP contribution in [0, 0.1) is 0 Å². The van der Waals surface area contributed by atoms with E-state index in [-0.39, 0.29) is 0 Å². The van der Waals surface area contributed by atoms with Crippen molar-refractivity contribution in [1.82, 2.24) is 10.2 Å². The van der Waals surface area contributed by atoms with E-state index in [9.17, 15) is 0 Å². The Morgan fingerprint density at radius 3 is 2.67 bits per heavy atom. The molecule has 2 aromatic carbocycles. The summed E-state index contributed by atoms with van der Waals surface area (Å²) in [5.74, 6) is 1.50. The largest absolute Gasteiger partial charge is 0.495 e. The fourth-order valence-electron chi connectivity index (χ4n) is 4.66. The molecule has 2 heterocycles. The summed E-state index contributed by atoms with van der Waals surface area (Å²) in [5, 5.41) is 3.74. The molecule has 0 amide bonds. The van der Waals surface area contributed by atoms with Crippen LogP contribution in [0.15, 0.2) is 42.5 Å². The number of anilines is 1. The first kappa shape index (κ1) is 21.2. The van der Waals surface area contributed by atoms with E-state index in [0.29, 0.717) is 12.0 Å². The molecule has 2 aliphatic rings. The lowest BCUT2D eigenvalue weighted by atomic mass is 9.92. The van der Waals surface area contributed by atoms with Crippen molar-refractivity contribution >= 4 is 5.69 Å². The molecule has 2 saturated heterocycles. The summed E-state index contributed by atoms with van der Waals surface area (Å²) >= 11 is 0. The highest BCUT2D eigenvalue weighted by molar-refractivity contribution is 5.60. The summed E-state index contributed by atoms with van der Waals surface area (Å²) in [6.45, 7) is 12.0. The standard InChI is InChI=1S/C25H35N3O2/c1-19(2)21-6-4-5-7-22(21)23-18-27(11-10-26-23)17-20-8-9-24(25(16-20)29-3)28-12-14-30-15-13-28/h4-9,16,19,23,26H,10-15,17-18H2,1-3H3/t23-/m0/s1. The second-order valence-electron chi connectivity index (χ2n) is 8.63. The number of hydrogen-bond acceptors (Lipinski definition) is 5. The van der Waals surface area contributed by atoms with Gasteiger partial charge < -0.3 is 19.7 Å². The molecule has 1 N–H and O–H groups in total. The maximum Gasteiger partial charge on any atom is 0.142 e. The van der Waals surface area contributed by atoms with Crippen LogP contribution in [0.25, 0.3) is 0 Å². The van der Waals surface area contributed by atoms with E-state index in [1.807, 2.05) is 0 Å². The highest BCUT2D eigenvalue weighted by Gasteiger charge is 2.24. The van der Waals surface area contributed by atoms with E-state index in [2.05, 4.69) is 71.4 Å². The Balaban J connectivity index is 1.46. The van der Waals surface area contributed by atoms with Gasteiger partial charge in [-0.05, 0) is 34.7 Å². The van der Waals surface area contributed by atoms with Crippen molar-refractivity contribution in [3.05, 3.63) is 59.2 Å². The van der Waals surface area contributed by atoms with Crippen LogP contribution >= 0.6 is 0 Å². The number of nitrogens with zero attached hydrogens (tertiary/aromatic N) is 2. The lowest BCUT2D eigenvalue weighted by Crippen LogP contribution is -2.45. The van der Waals surface area contributed by atoms with Crippen LogP contribution < -0.4 is 15.0 Å². The third-order valence-electron chi connectivity index (χ3n) is 6.26. The molecule has 0 aliphatic carbocycles. The van der Waals surface area contributed by atoms with Crippen LogP contribution in [0.5, 0.6) is 5.75 Å². The summed E-state index contributed by atoms with van der Waals surface area (Å²) in [6, 6.07) is 15.9. The summed E-state index contributed by atoms with van der Waals surface area (Å²) in [5.41, 5.74) is 5.38. The van der Waals surface area contributed by atoms with Gasteiger partial charge in [0.2, 0.25) is 0 Å². The lowest BCUT2D eigenvalue weighted by Gasteiger charge is -2.35. The second-order valence-corrected chi connectivity index (χ2v) is 8.63. The quantitative estimate of drug-likeness (QED) is 0.785. The number of morpholine rings is 1. The van der Waals surface area contributed by atoms with Gasteiger partial charge in [-0.15, -0.1) is 0 Å². The van der Waals surface area contributed by atoms with Crippen molar-refractivity contribution < 1.29 is 9.47 Å². The van der Waals surface area contributed by atoms with Gasteiger partial charge in [0.15, 0.2) is 0 Å². The van der Waals surface area contributed by atoms with E-state index in [0.717, 1.165) is 58.2 Å². The molecule has 2 aromatic rings. The number of piperazine rings is 1. The van der Waals surface area contributed by atoms with Crippen molar-refractivity contribution in [2.45, 2.75) is 32.4 Å². The number of hydrogen-bond donors (Lipinski definition) is 1. The van der Waals surface area contributed by atoms with Crippen LogP contribution in [-0.2, 0) is 11.3 Å².